The quantitative estimate of drug-likeness (QED) is 0.521. The molecule has 0 radical (unpaired) electrons. The molecule has 0 aromatic heterocycles. The molecule has 3 aromatic carbocycles. The normalized spacial score (nSPS) is 11.7. The van der Waals surface area contributed by atoms with Gasteiger partial charge in [0.15, 0.2) is 5.78 Å². The Labute approximate surface area is 178 Å². The molecule has 0 saturated carbocycles. The SMILES string of the molecule is CC(C)(C)S(=O)(=O)Nc1ccc(CNc2ccc(C(=O)c3ccccc3)cc2)cc1. The molecule has 30 heavy (non-hydrogen) atoms. The zero-order valence-corrected chi connectivity index (χ0v) is 18.2. The lowest BCUT2D eigenvalue weighted by atomic mass is 10.0. The number of benzene rings is 3. The summed E-state index contributed by atoms with van der Waals surface area (Å²) in [6.07, 6.45) is 0. The number of nitrogens with one attached hydrogen (secondary N) is 2. The van der Waals surface area contributed by atoms with Crippen molar-refractivity contribution < 1.29 is 13.2 Å². The van der Waals surface area contributed by atoms with Crippen molar-refractivity contribution in [2.24, 2.45) is 0 Å². The van der Waals surface area contributed by atoms with Gasteiger partial charge in [-0.15, -0.1) is 0 Å². The summed E-state index contributed by atoms with van der Waals surface area (Å²) in [4.78, 5) is 12.5. The summed E-state index contributed by atoms with van der Waals surface area (Å²) < 4.78 is 26.2. The molecule has 6 heteroatoms. The maximum Gasteiger partial charge on any atom is 0.237 e. The van der Waals surface area contributed by atoms with Crippen LogP contribution in [0.3, 0.4) is 0 Å². The van der Waals surface area contributed by atoms with Gasteiger partial charge in [0, 0.05) is 29.0 Å². The van der Waals surface area contributed by atoms with Gasteiger partial charge in [-0.25, -0.2) is 8.42 Å². The molecule has 0 aliphatic carbocycles. The molecule has 0 saturated heterocycles. The number of carbonyl (C=O) groups is 1. The third-order valence-electron chi connectivity index (χ3n) is 4.69. The summed E-state index contributed by atoms with van der Waals surface area (Å²) in [7, 11) is -3.44. The Balaban J connectivity index is 1.59. The Hall–Kier alpha value is -3.12. The fourth-order valence-electron chi connectivity index (χ4n) is 2.70. The summed E-state index contributed by atoms with van der Waals surface area (Å²) in [5.74, 6) is -0.00421. The fourth-order valence-corrected chi connectivity index (χ4v) is 3.45. The van der Waals surface area contributed by atoms with Crippen molar-refractivity contribution in [3.8, 4) is 0 Å². The number of carbonyl (C=O) groups excluding carboxylic acids is 1. The van der Waals surface area contributed by atoms with Crippen molar-refractivity contribution in [3.63, 3.8) is 0 Å². The van der Waals surface area contributed by atoms with E-state index in [1.54, 1.807) is 45.0 Å². The standard InChI is InChI=1S/C24H26N2O3S/c1-24(2,3)30(28,29)26-22-13-9-18(10-14-22)17-25-21-15-11-20(12-16-21)23(27)19-7-5-4-6-8-19/h4-16,25-26H,17H2,1-3H3. The first-order chi connectivity index (χ1) is 14.2. The molecule has 3 rings (SSSR count). The van der Waals surface area contributed by atoms with Gasteiger partial charge in [0.25, 0.3) is 0 Å². The highest BCUT2D eigenvalue weighted by molar-refractivity contribution is 7.94. The van der Waals surface area contributed by atoms with E-state index in [0.29, 0.717) is 23.4 Å². The lowest BCUT2D eigenvalue weighted by Gasteiger charge is -2.20. The van der Waals surface area contributed by atoms with Gasteiger partial charge in [-0.3, -0.25) is 9.52 Å². The predicted octanol–water partition coefficient (Wildman–Crippen LogP) is 5.07. The van der Waals surface area contributed by atoms with Crippen LogP contribution in [0.25, 0.3) is 0 Å². The molecule has 0 atom stereocenters. The predicted molar refractivity (Wildman–Crippen MR) is 122 cm³/mol. The molecule has 156 valence electrons. The summed E-state index contributed by atoms with van der Waals surface area (Å²) in [6.45, 7) is 5.56. The Morgan fingerprint density at radius 1 is 0.767 bits per heavy atom. The molecule has 0 aliphatic heterocycles. The second-order valence-electron chi connectivity index (χ2n) is 8.04. The average Bonchev–Trinajstić information content (AvgIpc) is 2.73. The monoisotopic (exact) mass is 422 g/mol. The highest BCUT2D eigenvalue weighted by atomic mass is 32.2. The van der Waals surface area contributed by atoms with E-state index >= 15 is 0 Å². The molecule has 0 unspecified atom stereocenters. The maximum atomic E-state index is 12.5. The molecule has 5 nitrogen and oxygen atoms in total. The molecular formula is C24H26N2O3S. The van der Waals surface area contributed by atoms with Crippen LogP contribution in [0.4, 0.5) is 11.4 Å². The van der Waals surface area contributed by atoms with Crippen LogP contribution in [0.2, 0.25) is 0 Å². The minimum atomic E-state index is -3.44. The van der Waals surface area contributed by atoms with E-state index in [-0.39, 0.29) is 5.78 Å². The summed E-state index contributed by atoms with van der Waals surface area (Å²) in [6, 6.07) is 23.8. The van der Waals surface area contributed by atoms with Crippen molar-refractivity contribution in [2.75, 3.05) is 10.0 Å². The summed E-state index contributed by atoms with van der Waals surface area (Å²) in [5, 5.41) is 3.31. The van der Waals surface area contributed by atoms with Crippen LogP contribution in [0.15, 0.2) is 78.9 Å². The fraction of sp³-hybridized carbons (Fsp3) is 0.208. The Kier molecular flexibility index (Phi) is 6.27. The topological polar surface area (TPSA) is 75.3 Å². The van der Waals surface area contributed by atoms with Gasteiger partial charge in [-0.05, 0) is 62.7 Å². The van der Waals surface area contributed by atoms with Crippen LogP contribution in [0, 0.1) is 0 Å². The van der Waals surface area contributed by atoms with E-state index in [0.717, 1.165) is 11.3 Å². The molecule has 0 aliphatic rings. The molecule has 0 heterocycles. The summed E-state index contributed by atoms with van der Waals surface area (Å²) in [5.41, 5.74) is 3.76. The van der Waals surface area contributed by atoms with Crippen molar-refractivity contribution >= 4 is 27.2 Å². The number of ketones is 1. The van der Waals surface area contributed by atoms with Crippen LogP contribution in [0.1, 0.15) is 42.3 Å². The first-order valence-corrected chi connectivity index (χ1v) is 11.2. The Morgan fingerprint density at radius 3 is 1.87 bits per heavy atom. The zero-order valence-electron chi connectivity index (χ0n) is 17.3. The number of anilines is 2. The number of sulfonamides is 1. The molecule has 0 fully saturated rings. The molecule has 2 N–H and O–H groups in total. The van der Waals surface area contributed by atoms with Crippen molar-refractivity contribution in [1.82, 2.24) is 0 Å². The summed E-state index contributed by atoms with van der Waals surface area (Å²) >= 11 is 0. The molecule has 0 bridgehead atoms. The lowest BCUT2D eigenvalue weighted by molar-refractivity contribution is 0.103. The van der Waals surface area contributed by atoms with Gasteiger partial charge >= 0.3 is 0 Å². The van der Waals surface area contributed by atoms with E-state index < -0.39 is 14.8 Å². The van der Waals surface area contributed by atoms with Crippen LogP contribution >= 0.6 is 0 Å². The van der Waals surface area contributed by atoms with E-state index in [9.17, 15) is 13.2 Å². The smallest absolute Gasteiger partial charge is 0.237 e. The van der Waals surface area contributed by atoms with Gasteiger partial charge < -0.3 is 5.32 Å². The van der Waals surface area contributed by atoms with Gasteiger partial charge in [-0.2, -0.15) is 0 Å². The van der Waals surface area contributed by atoms with Crippen LogP contribution in [-0.2, 0) is 16.6 Å². The maximum absolute atomic E-state index is 12.5. The van der Waals surface area contributed by atoms with Crippen molar-refractivity contribution in [3.05, 3.63) is 95.6 Å². The average molecular weight is 423 g/mol. The van der Waals surface area contributed by atoms with E-state index in [1.807, 2.05) is 54.6 Å². The Bertz CT molecular complexity index is 1100. The molecule has 0 amide bonds. The number of hydrogen-bond donors (Lipinski definition) is 2. The van der Waals surface area contributed by atoms with E-state index in [4.69, 9.17) is 0 Å². The number of rotatable bonds is 7. The van der Waals surface area contributed by atoms with E-state index in [1.165, 1.54) is 0 Å². The first kappa shape index (κ1) is 21.6. The largest absolute Gasteiger partial charge is 0.381 e. The van der Waals surface area contributed by atoms with Crippen molar-refractivity contribution in [2.45, 2.75) is 32.1 Å². The molecule has 0 spiro atoms. The lowest BCUT2D eigenvalue weighted by Crippen LogP contribution is -2.33. The van der Waals surface area contributed by atoms with Gasteiger partial charge in [-0.1, -0.05) is 42.5 Å². The molecular weight excluding hydrogens is 396 g/mol. The molecule has 3 aromatic rings. The highest BCUT2D eigenvalue weighted by Gasteiger charge is 2.28. The second kappa shape index (κ2) is 8.71. The second-order valence-corrected chi connectivity index (χ2v) is 10.5. The first-order valence-electron chi connectivity index (χ1n) is 9.71. The number of hydrogen-bond acceptors (Lipinski definition) is 4. The van der Waals surface area contributed by atoms with Crippen molar-refractivity contribution in [1.29, 1.82) is 0 Å². The van der Waals surface area contributed by atoms with E-state index in [2.05, 4.69) is 10.0 Å². The third kappa shape index (κ3) is 5.27. The van der Waals surface area contributed by atoms with Gasteiger partial charge in [0.05, 0.1) is 4.75 Å². The zero-order chi connectivity index (χ0) is 21.8. The van der Waals surface area contributed by atoms with Crippen LogP contribution in [0.5, 0.6) is 0 Å². The van der Waals surface area contributed by atoms with Gasteiger partial charge in [0.1, 0.15) is 0 Å². The minimum Gasteiger partial charge on any atom is -0.381 e. The highest BCUT2D eigenvalue weighted by Crippen LogP contribution is 2.20. The van der Waals surface area contributed by atoms with Crippen LogP contribution in [-0.4, -0.2) is 18.9 Å². The van der Waals surface area contributed by atoms with Crippen LogP contribution < -0.4 is 10.0 Å². The minimum absolute atomic E-state index is 0.00421. The van der Waals surface area contributed by atoms with Gasteiger partial charge in [0.2, 0.25) is 10.0 Å². The third-order valence-corrected chi connectivity index (χ3v) is 6.81. The Morgan fingerprint density at radius 2 is 1.30 bits per heavy atom.